The summed E-state index contributed by atoms with van der Waals surface area (Å²) in [6.45, 7) is 4.28. The fourth-order valence-corrected chi connectivity index (χ4v) is 3.59. The quantitative estimate of drug-likeness (QED) is 0.682. The number of nitrogens with two attached hydrogens (primary N) is 1. The average molecular weight is 415 g/mol. The number of amides is 1. The molecule has 0 unspecified atom stereocenters. The maximum atomic E-state index is 13.8. The SMILES string of the molecule is CN1CCN(c2cn(-c3nccc(C(C)(F)F)n3)c3cc(CC(N)=O)ncc23)CC1. The summed E-state index contributed by atoms with van der Waals surface area (Å²) in [5.41, 5.74) is 7.06. The smallest absolute Gasteiger partial charge is 0.287 e. The summed E-state index contributed by atoms with van der Waals surface area (Å²) in [5.74, 6) is -3.45. The van der Waals surface area contributed by atoms with Gasteiger partial charge >= 0.3 is 0 Å². The van der Waals surface area contributed by atoms with Crippen molar-refractivity contribution in [3.05, 3.63) is 42.1 Å². The molecular weight excluding hydrogens is 392 g/mol. The Morgan fingerprint density at radius 2 is 1.97 bits per heavy atom. The first-order valence-electron chi connectivity index (χ1n) is 9.66. The van der Waals surface area contributed by atoms with E-state index >= 15 is 0 Å². The summed E-state index contributed by atoms with van der Waals surface area (Å²) in [6, 6.07) is 2.94. The number of nitrogens with zero attached hydrogens (tertiary/aromatic N) is 6. The lowest BCUT2D eigenvalue weighted by Crippen LogP contribution is -2.44. The molecule has 0 atom stereocenters. The zero-order chi connectivity index (χ0) is 21.5. The molecule has 1 fully saturated rings. The van der Waals surface area contributed by atoms with Gasteiger partial charge in [-0.25, -0.2) is 9.97 Å². The van der Waals surface area contributed by atoms with Crippen LogP contribution in [0.15, 0.2) is 30.7 Å². The van der Waals surface area contributed by atoms with E-state index in [-0.39, 0.29) is 18.1 Å². The highest BCUT2D eigenvalue weighted by Gasteiger charge is 2.27. The van der Waals surface area contributed by atoms with Crippen LogP contribution in [-0.2, 0) is 17.1 Å². The van der Waals surface area contributed by atoms with Crippen LogP contribution in [0.25, 0.3) is 16.9 Å². The van der Waals surface area contributed by atoms with Gasteiger partial charge in [-0.05, 0) is 19.2 Å². The van der Waals surface area contributed by atoms with Crippen molar-refractivity contribution in [3.8, 4) is 5.95 Å². The molecule has 3 aromatic heterocycles. The summed E-state index contributed by atoms with van der Waals surface area (Å²) in [5, 5.41) is 0.838. The van der Waals surface area contributed by atoms with E-state index in [0.29, 0.717) is 11.2 Å². The van der Waals surface area contributed by atoms with Crippen LogP contribution in [0.3, 0.4) is 0 Å². The highest BCUT2D eigenvalue weighted by atomic mass is 19.3. The molecule has 0 radical (unpaired) electrons. The van der Waals surface area contributed by atoms with Crippen molar-refractivity contribution in [2.45, 2.75) is 19.3 Å². The fraction of sp³-hybridized carbons (Fsp3) is 0.400. The van der Waals surface area contributed by atoms with Crippen molar-refractivity contribution >= 4 is 22.5 Å². The predicted octanol–water partition coefficient (Wildman–Crippen LogP) is 1.71. The molecule has 30 heavy (non-hydrogen) atoms. The lowest BCUT2D eigenvalue weighted by Gasteiger charge is -2.33. The van der Waals surface area contributed by atoms with Gasteiger partial charge in [0.2, 0.25) is 11.9 Å². The number of alkyl halides is 2. The van der Waals surface area contributed by atoms with Crippen LogP contribution in [0.2, 0.25) is 0 Å². The molecule has 4 rings (SSSR count). The molecule has 1 saturated heterocycles. The van der Waals surface area contributed by atoms with Crippen molar-refractivity contribution < 1.29 is 13.6 Å². The number of hydrogen-bond donors (Lipinski definition) is 1. The maximum absolute atomic E-state index is 13.8. The van der Waals surface area contributed by atoms with E-state index < -0.39 is 11.8 Å². The number of halogens is 2. The normalized spacial score (nSPS) is 15.7. The summed E-state index contributed by atoms with van der Waals surface area (Å²) in [4.78, 5) is 28.5. The second-order valence-electron chi connectivity index (χ2n) is 7.64. The molecule has 0 aromatic carbocycles. The van der Waals surface area contributed by atoms with E-state index in [1.54, 1.807) is 16.8 Å². The number of fused-ring (bicyclic) bond motifs is 1. The molecule has 0 bridgehead atoms. The third-order valence-electron chi connectivity index (χ3n) is 5.23. The second kappa shape index (κ2) is 7.60. The molecule has 4 heterocycles. The molecule has 1 amide bonds. The minimum atomic E-state index is -3.08. The van der Waals surface area contributed by atoms with Crippen molar-refractivity contribution in [2.24, 2.45) is 5.73 Å². The number of aromatic nitrogens is 4. The van der Waals surface area contributed by atoms with E-state index in [0.717, 1.165) is 44.2 Å². The van der Waals surface area contributed by atoms with Crippen LogP contribution < -0.4 is 10.6 Å². The Hall–Kier alpha value is -3.14. The maximum Gasteiger partial charge on any atom is 0.287 e. The molecule has 0 spiro atoms. The molecule has 2 N–H and O–H groups in total. The first-order chi connectivity index (χ1) is 14.2. The van der Waals surface area contributed by atoms with Crippen LogP contribution in [0, 0.1) is 0 Å². The van der Waals surface area contributed by atoms with Crippen LogP contribution >= 0.6 is 0 Å². The Kier molecular flexibility index (Phi) is 5.10. The first-order valence-corrected chi connectivity index (χ1v) is 9.66. The van der Waals surface area contributed by atoms with Crippen LogP contribution in [0.4, 0.5) is 14.5 Å². The second-order valence-corrected chi connectivity index (χ2v) is 7.64. The number of carbonyl (C=O) groups excluding carboxylic acids is 1. The Labute approximate surface area is 172 Å². The third kappa shape index (κ3) is 3.95. The standard InChI is InChI=1S/C20H23F2N7O/c1-20(21,22)17-3-4-24-19(26-17)29-12-16(28-7-5-27(2)6-8-28)14-11-25-13(9-15(14)29)10-18(23)30/h3-4,9,11-12H,5-8,10H2,1-2H3,(H2,23,30). The predicted molar refractivity (Wildman–Crippen MR) is 109 cm³/mol. The molecule has 1 aliphatic heterocycles. The highest BCUT2D eigenvalue weighted by Crippen LogP contribution is 2.32. The molecule has 10 heteroatoms. The largest absolute Gasteiger partial charge is 0.369 e. The number of primary amides is 1. The van der Waals surface area contributed by atoms with E-state index in [1.807, 2.05) is 6.20 Å². The van der Waals surface area contributed by atoms with Gasteiger partial charge in [-0.15, -0.1) is 0 Å². The van der Waals surface area contributed by atoms with Crippen molar-refractivity contribution in [1.82, 2.24) is 24.4 Å². The van der Waals surface area contributed by atoms with Crippen molar-refractivity contribution in [1.29, 1.82) is 0 Å². The first kappa shape index (κ1) is 20.1. The fourth-order valence-electron chi connectivity index (χ4n) is 3.59. The summed E-state index contributed by atoms with van der Waals surface area (Å²) in [7, 11) is 2.07. The number of piperazine rings is 1. The van der Waals surface area contributed by atoms with Gasteiger partial charge in [0, 0.05) is 57.1 Å². The van der Waals surface area contributed by atoms with E-state index in [9.17, 15) is 13.6 Å². The van der Waals surface area contributed by atoms with Gasteiger partial charge in [-0.2, -0.15) is 8.78 Å². The topological polar surface area (TPSA) is 93.2 Å². The van der Waals surface area contributed by atoms with Crippen LogP contribution in [0.5, 0.6) is 0 Å². The number of anilines is 1. The molecule has 3 aromatic rings. The molecule has 0 saturated carbocycles. The van der Waals surface area contributed by atoms with Gasteiger partial charge < -0.3 is 15.5 Å². The van der Waals surface area contributed by atoms with Gasteiger partial charge in [0.25, 0.3) is 5.92 Å². The highest BCUT2D eigenvalue weighted by molar-refractivity contribution is 5.94. The number of hydrogen-bond acceptors (Lipinski definition) is 6. The summed E-state index contributed by atoms with van der Waals surface area (Å²) < 4.78 is 29.3. The van der Waals surface area contributed by atoms with Gasteiger partial charge in [0.05, 0.1) is 23.3 Å². The molecule has 1 aliphatic rings. The number of rotatable bonds is 5. The van der Waals surface area contributed by atoms with Gasteiger partial charge in [0.1, 0.15) is 5.69 Å². The third-order valence-corrected chi connectivity index (χ3v) is 5.23. The Morgan fingerprint density at radius 1 is 1.23 bits per heavy atom. The monoisotopic (exact) mass is 415 g/mol. The Balaban J connectivity index is 1.86. The Morgan fingerprint density at radius 3 is 2.63 bits per heavy atom. The lowest BCUT2D eigenvalue weighted by atomic mass is 10.2. The van der Waals surface area contributed by atoms with Gasteiger partial charge in [0.15, 0.2) is 0 Å². The number of likely N-dealkylation sites (N-methyl/N-ethyl adjacent to an activating group) is 1. The van der Waals surface area contributed by atoms with E-state index in [1.165, 1.54) is 12.3 Å². The summed E-state index contributed by atoms with van der Waals surface area (Å²) >= 11 is 0. The molecular formula is C20H23F2N7O. The Bertz CT molecular complexity index is 1080. The van der Waals surface area contributed by atoms with Crippen LogP contribution in [-0.4, -0.2) is 63.6 Å². The molecule has 158 valence electrons. The van der Waals surface area contributed by atoms with E-state index in [4.69, 9.17) is 5.73 Å². The zero-order valence-electron chi connectivity index (χ0n) is 16.8. The lowest BCUT2D eigenvalue weighted by molar-refractivity contribution is -0.117. The number of carbonyl (C=O) groups is 1. The van der Waals surface area contributed by atoms with Crippen LogP contribution in [0.1, 0.15) is 18.3 Å². The minimum absolute atomic E-state index is 0.0150. The van der Waals surface area contributed by atoms with Gasteiger partial charge in [-0.3, -0.25) is 14.3 Å². The molecule has 8 nitrogen and oxygen atoms in total. The van der Waals surface area contributed by atoms with E-state index in [2.05, 4.69) is 31.8 Å². The van der Waals surface area contributed by atoms with Crippen molar-refractivity contribution in [2.75, 3.05) is 38.1 Å². The minimum Gasteiger partial charge on any atom is -0.369 e. The summed E-state index contributed by atoms with van der Waals surface area (Å²) in [6.07, 6.45) is 4.84. The average Bonchev–Trinajstić information content (AvgIpc) is 3.06. The number of pyridine rings is 1. The zero-order valence-corrected chi connectivity index (χ0v) is 16.8. The van der Waals surface area contributed by atoms with Gasteiger partial charge in [-0.1, -0.05) is 0 Å². The van der Waals surface area contributed by atoms with Crippen molar-refractivity contribution in [3.63, 3.8) is 0 Å². The molecule has 0 aliphatic carbocycles.